The van der Waals surface area contributed by atoms with Gasteiger partial charge in [-0.15, -0.1) is 0 Å². The quantitative estimate of drug-likeness (QED) is 0.212. The second-order valence-corrected chi connectivity index (χ2v) is 8.08. The van der Waals surface area contributed by atoms with Gasteiger partial charge in [0.2, 0.25) is 5.78 Å². The first-order valence-corrected chi connectivity index (χ1v) is 10.6. The molecule has 0 bridgehead atoms. The van der Waals surface area contributed by atoms with Crippen LogP contribution in [0.3, 0.4) is 0 Å². The van der Waals surface area contributed by atoms with Crippen molar-refractivity contribution < 1.29 is 14.3 Å². The molecule has 1 atom stereocenters. The zero-order valence-corrected chi connectivity index (χ0v) is 19.2. The normalized spacial score (nSPS) is 11.9. The third kappa shape index (κ3) is 5.96. The van der Waals surface area contributed by atoms with Crippen molar-refractivity contribution in [1.29, 1.82) is 5.26 Å². The first-order chi connectivity index (χ1) is 15.8. The molecule has 0 aliphatic heterocycles. The van der Waals surface area contributed by atoms with Crippen molar-refractivity contribution >= 4 is 23.5 Å². The van der Waals surface area contributed by atoms with Crippen molar-refractivity contribution in [3.63, 3.8) is 0 Å². The predicted molar refractivity (Wildman–Crippen MR) is 130 cm³/mol. The number of nitriles is 1. The third-order valence-electron chi connectivity index (χ3n) is 5.24. The van der Waals surface area contributed by atoms with Gasteiger partial charge in [-0.1, -0.05) is 71.8 Å². The van der Waals surface area contributed by atoms with Crippen molar-refractivity contribution in [2.24, 2.45) is 0 Å². The summed E-state index contributed by atoms with van der Waals surface area (Å²) in [5, 5.41) is 9.59. The number of carbonyl (C=O) groups excluding carboxylic acids is 2. The maximum Gasteiger partial charge on any atom is 0.349 e. The van der Waals surface area contributed by atoms with Crippen molar-refractivity contribution in [3.8, 4) is 6.07 Å². The van der Waals surface area contributed by atoms with Gasteiger partial charge in [0.25, 0.3) is 0 Å². The summed E-state index contributed by atoms with van der Waals surface area (Å²) in [7, 11) is 3.86. The Morgan fingerprint density at radius 1 is 0.879 bits per heavy atom. The summed E-state index contributed by atoms with van der Waals surface area (Å²) in [6.07, 6.45) is 0.304. The predicted octanol–water partition coefficient (Wildman–Crippen LogP) is 5.44. The summed E-state index contributed by atoms with van der Waals surface area (Å²) in [5.41, 5.74) is 4.52. The molecule has 0 unspecified atom stereocenters. The van der Waals surface area contributed by atoms with E-state index in [-0.39, 0.29) is 11.4 Å². The van der Waals surface area contributed by atoms with E-state index in [1.807, 2.05) is 87.4 Å². The standard InChI is InChI=1S/C28H26N2O3/c1-19-5-11-22(12-6-19)26(31)27(23-13-7-20(2)8-14-23)33-28(32)24(18-29)17-21-9-15-25(16-10-21)30(3)4/h5-17,27H,1-4H3/b24-17+/t27-/m1/s1. The molecule has 5 heteroatoms. The van der Waals surface area contributed by atoms with Crippen molar-refractivity contribution in [1.82, 2.24) is 0 Å². The van der Waals surface area contributed by atoms with Gasteiger partial charge in [-0.05, 0) is 37.6 Å². The molecule has 3 aromatic rings. The fourth-order valence-corrected chi connectivity index (χ4v) is 3.23. The summed E-state index contributed by atoms with van der Waals surface area (Å²) >= 11 is 0. The average molecular weight is 439 g/mol. The molecular weight excluding hydrogens is 412 g/mol. The third-order valence-corrected chi connectivity index (χ3v) is 5.24. The van der Waals surface area contributed by atoms with Gasteiger partial charge in [0.1, 0.15) is 11.6 Å². The van der Waals surface area contributed by atoms with Crippen LogP contribution in [0.2, 0.25) is 0 Å². The van der Waals surface area contributed by atoms with Crippen LogP contribution in [0.1, 0.15) is 38.7 Å². The Labute approximate surface area is 194 Å². The molecule has 0 saturated heterocycles. The van der Waals surface area contributed by atoms with E-state index < -0.39 is 12.1 Å². The minimum Gasteiger partial charge on any atom is -0.445 e. The van der Waals surface area contributed by atoms with Crippen LogP contribution < -0.4 is 4.90 Å². The molecule has 33 heavy (non-hydrogen) atoms. The largest absolute Gasteiger partial charge is 0.445 e. The number of Topliss-reactive ketones (excluding diaryl/α,β-unsaturated/α-hetero) is 1. The van der Waals surface area contributed by atoms with Gasteiger partial charge in [-0.25, -0.2) is 4.79 Å². The van der Waals surface area contributed by atoms with E-state index in [0.29, 0.717) is 16.7 Å². The Morgan fingerprint density at radius 2 is 1.42 bits per heavy atom. The van der Waals surface area contributed by atoms with Crippen molar-refractivity contribution in [3.05, 3.63) is 106 Å². The molecular formula is C28H26N2O3. The minimum absolute atomic E-state index is 0.179. The number of aryl methyl sites for hydroxylation is 2. The zero-order valence-electron chi connectivity index (χ0n) is 19.2. The van der Waals surface area contributed by atoms with Gasteiger partial charge in [-0.2, -0.15) is 5.26 Å². The molecule has 0 aliphatic rings. The second-order valence-electron chi connectivity index (χ2n) is 8.08. The van der Waals surface area contributed by atoms with Crippen LogP contribution in [-0.2, 0) is 9.53 Å². The van der Waals surface area contributed by atoms with Crippen LogP contribution in [-0.4, -0.2) is 25.8 Å². The SMILES string of the molecule is Cc1ccc(C(=O)[C@H](OC(=O)/C(C#N)=C/c2ccc(N(C)C)cc2)c2ccc(C)cc2)cc1. The molecule has 0 saturated carbocycles. The van der Waals surface area contributed by atoms with Crippen LogP contribution in [0.5, 0.6) is 0 Å². The summed E-state index contributed by atoms with van der Waals surface area (Å²) in [6, 6.07) is 23.6. The first kappa shape index (κ1) is 23.5. The molecule has 0 heterocycles. The van der Waals surface area contributed by atoms with Crippen molar-refractivity contribution in [2.75, 3.05) is 19.0 Å². The molecule has 0 radical (unpaired) electrons. The van der Waals surface area contributed by atoms with Crippen LogP contribution in [0.4, 0.5) is 5.69 Å². The van der Waals surface area contributed by atoms with E-state index in [2.05, 4.69) is 0 Å². The summed E-state index contributed by atoms with van der Waals surface area (Å²) in [6.45, 7) is 3.87. The molecule has 3 rings (SSSR count). The maximum atomic E-state index is 13.3. The van der Waals surface area contributed by atoms with E-state index in [9.17, 15) is 14.9 Å². The first-order valence-electron chi connectivity index (χ1n) is 10.6. The van der Waals surface area contributed by atoms with Crippen molar-refractivity contribution in [2.45, 2.75) is 20.0 Å². The van der Waals surface area contributed by atoms with Gasteiger partial charge in [0, 0.05) is 30.9 Å². The lowest BCUT2D eigenvalue weighted by Crippen LogP contribution is -2.21. The number of rotatable bonds is 7. The summed E-state index contributed by atoms with van der Waals surface area (Å²) in [4.78, 5) is 28.1. The van der Waals surface area contributed by atoms with E-state index in [4.69, 9.17) is 4.74 Å². The Hall–Kier alpha value is -4.17. The average Bonchev–Trinajstić information content (AvgIpc) is 2.82. The number of ether oxygens (including phenoxy) is 1. The molecule has 0 amide bonds. The molecule has 0 aromatic heterocycles. The molecule has 5 nitrogen and oxygen atoms in total. The highest BCUT2D eigenvalue weighted by atomic mass is 16.5. The number of benzene rings is 3. The van der Waals surface area contributed by atoms with Gasteiger partial charge >= 0.3 is 5.97 Å². The Kier molecular flexibility index (Phi) is 7.42. The summed E-state index contributed by atoms with van der Waals surface area (Å²) in [5.74, 6) is -1.19. The molecule has 0 fully saturated rings. The highest BCUT2D eigenvalue weighted by Gasteiger charge is 2.27. The van der Waals surface area contributed by atoms with Crippen LogP contribution >= 0.6 is 0 Å². The highest BCUT2D eigenvalue weighted by Crippen LogP contribution is 2.25. The van der Waals surface area contributed by atoms with Crippen LogP contribution in [0.25, 0.3) is 6.08 Å². The van der Waals surface area contributed by atoms with Gasteiger partial charge in [-0.3, -0.25) is 4.79 Å². The maximum absolute atomic E-state index is 13.3. The number of hydrogen-bond donors (Lipinski definition) is 0. The van der Waals surface area contributed by atoms with Gasteiger partial charge < -0.3 is 9.64 Å². The second kappa shape index (κ2) is 10.4. The van der Waals surface area contributed by atoms with E-state index in [1.54, 1.807) is 24.3 Å². The fraction of sp³-hybridized carbons (Fsp3) is 0.179. The van der Waals surface area contributed by atoms with Crippen LogP contribution in [0.15, 0.2) is 78.4 Å². The molecule has 0 spiro atoms. The number of esters is 1. The van der Waals surface area contributed by atoms with Crippen LogP contribution in [0, 0.1) is 25.2 Å². The van der Waals surface area contributed by atoms with E-state index in [1.165, 1.54) is 6.08 Å². The van der Waals surface area contributed by atoms with Gasteiger partial charge in [0.05, 0.1) is 0 Å². The monoisotopic (exact) mass is 438 g/mol. The number of nitrogens with zero attached hydrogens (tertiary/aromatic N) is 2. The van der Waals surface area contributed by atoms with E-state index in [0.717, 1.165) is 16.8 Å². The lowest BCUT2D eigenvalue weighted by Gasteiger charge is -2.18. The fourth-order valence-electron chi connectivity index (χ4n) is 3.23. The molecule has 0 N–H and O–H groups in total. The lowest BCUT2D eigenvalue weighted by atomic mass is 9.98. The smallest absolute Gasteiger partial charge is 0.349 e. The summed E-state index contributed by atoms with van der Waals surface area (Å²) < 4.78 is 5.62. The molecule has 0 aliphatic carbocycles. The molecule has 166 valence electrons. The van der Waals surface area contributed by atoms with Gasteiger partial charge in [0.15, 0.2) is 6.10 Å². The Balaban J connectivity index is 1.91. The molecule has 3 aromatic carbocycles. The number of anilines is 1. The Morgan fingerprint density at radius 3 is 1.94 bits per heavy atom. The number of carbonyl (C=O) groups is 2. The lowest BCUT2D eigenvalue weighted by molar-refractivity contribution is -0.142. The minimum atomic E-state index is -1.16. The topological polar surface area (TPSA) is 70.4 Å². The number of hydrogen-bond acceptors (Lipinski definition) is 5. The zero-order chi connectivity index (χ0) is 24.0. The van der Waals surface area contributed by atoms with E-state index >= 15 is 0 Å². The Bertz CT molecular complexity index is 1200. The highest BCUT2D eigenvalue weighted by molar-refractivity contribution is 6.04. The number of ketones is 1.